The molecule has 0 saturated heterocycles. The van der Waals surface area contributed by atoms with Gasteiger partial charge >= 0.3 is 0 Å². The van der Waals surface area contributed by atoms with Gasteiger partial charge in [-0.15, -0.1) is 0 Å². The SMILES string of the molecule is COc1ccc(S(=O)(=O)Nc2cnc3ccc(-c4ccc(O)c(OC)c4)nc3n2)cc1. The lowest BCUT2D eigenvalue weighted by atomic mass is 10.1. The Bertz CT molecular complexity index is 1360. The van der Waals surface area contributed by atoms with E-state index in [9.17, 15) is 13.5 Å². The Kier molecular flexibility index (Phi) is 5.30. The number of hydrogen-bond acceptors (Lipinski definition) is 8. The van der Waals surface area contributed by atoms with Crippen LogP contribution in [0.5, 0.6) is 17.2 Å². The van der Waals surface area contributed by atoms with Gasteiger partial charge in [0, 0.05) is 5.56 Å². The largest absolute Gasteiger partial charge is 0.504 e. The zero-order valence-corrected chi connectivity index (χ0v) is 17.4. The van der Waals surface area contributed by atoms with E-state index in [-0.39, 0.29) is 22.1 Å². The Labute approximate surface area is 178 Å². The number of nitrogens with zero attached hydrogens (tertiary/aromatic N) is 3. The van der Waals surface area contributed by atoms with Crippen molar-refractivity contribution >= 4 is 27.0 Å². The van der Waals surface area contributed by atoms with Crippen LogP contribution in [-0.2, 0) is 10.0 Å². The zero-order chi connectivity index (χ0) is 22.0. The Balaban J connectivity index is 1.67. The third-order valence-corrected chi connectivity index (χ3v) is 5.86. The van der Waals surface area contributed by atoms with E-state index in [0.717, 1.165) is 0 Å². The number of hydrogen-bond donors (Lipinski definition) is 2. The molecule has 0 aliphatic heterocycles. The van der Waals surface area contributed by atoms with Gasteiger partial charge in [0.1, 0.15) is 11.3 Å². The molecule has 4 rings (SSSR count). The number of benzene rings is 2. The second-order valence-electron chi connectivity index (χ2n) is 6.46. The predicted molar refractivity (Wildman–Crippen MR) is 115 cm³/mol. The average Bonchev–Trinajstić information content (AvgIpc) is 2.78. The fraction of sp³-hybridized carbons (Fsp3) is 0.0952. The molecule has 0 fully saturated rings. The molecule has 0 saturated carbocycles. The smallest absolute Gasteiger partial charge is 0.263 e. The first-order valence-electron chi connectivity index (χ1n) is 9.07. The van der Waals surface area contributed by atoms with Crippen LogP contribution in [0.25, 0.3) is 22.4 Å². The molecule has 0 spiro atoms. The van der Waals surface area contributed by atoms with Gasteiger partial charge in [-0.05, 0) is 54.6 Å². The number of pyridine rings is 1. The molecule has 0 amide bonds. The van der Waals surface area contributed by atoms with Crippen LogP contribution in [0.2, 0.25) is 0 Å². The van der Waals surface area contributed by atoms with Gasteiger partial charge in [-0.25, -0.2) is 23.4 Å². The number of fused-ring (bicyclic) bond motifs is 1. The highest BCUT2D eigenvalue weighted by atomic mass is 32.2. The number of nitrogens with one attached hydrogen (secondary N) is 1. The summed E-state index contributed by atoms with van der Waals surface area (Å²) in [4.78, 5) is 13.1. The minimum Gasteiger partial charge on any atom is -0.504 e. The van der Waals surface area contributed by atoms with E-state index in [1.165, 1.54) is 38.6 Å². The van der Waals surface area contributed by atoms with Crippen molar-refractivity contribution in [3.63, 3.8) is 0 Å². The molecule has 0 bridgehead atoms. The summed E-state index contributed by atoms with van der Waals surface area (Å²) >= 11 is 0. The Morgan fingerprint density at radius 3 is 2.42 bits per heavy atom. The summed E-state index contributed by atoms with van der Waals surface area (Å²) in [6, 6.07) is 14.3. The molecule has 10 heteroatoms. The van der Waals surface area contributed by atoms with Crippen molar-refractivity contribution in [2.75, 3.05) is 18.9 Å². The highest BCUT2D eigenvalue weighted by Crippen LogP contribution is 2.31. The fourth-order valence-corrected chi connectivity index (χ4v) is 3.88. The van der Waals surface area contributed by atoms with Crippen LogP contribution in [0.1, 0.15) is 0 Å². The lowest BCUT2D eigenvalue weighted by molar-refractivity contribution is 0.373. The third-order valence-electron chi connectivity index (χ3n) is 4.49. The fourth-order valence-electron chi connectivity index (χ4n) is 2.90. The van der Waals surface area contributed by atoms with Crippen molar-refractivity contribution in [3.05, 3.63) is 60.8 Å². The van der Waals surface area contributed by atoms with Crippen molar-refractivity contribution in [1.82, 2.24) is 15.0 Å². The average molecular weight is 438 g/mol. The Morgan fingerprint density at radius 2 is 1.71 bits per heavy atom. The molecule has 9 nitrogen and oxygen atoms in total. The molecule has 0 atom stereocenters. The number of phenols is 1. The van der Waals surface area contributed by atoms with Gasteiger partial charge < -0.3 is 14.6 Å². The van der Waals surface area contributed by atoms with Crippen LogP contribution in [0.4, 0.5) is 5.82 Å². The second-order valence-corrected chi connectivity index (χ2v) is 8.14. The van der Waals surface area contributed by atoms with E-state index in [2.05, 4.69) is 19.7 Å². The number of phenolic OH excluding ortho intramolecular Hbond substituents is 1. The zero-order valence-electron chi connectivity index (χ0n) is 16.6. The normalized spacial score (nSPS) is 11.3. The van der Waals surface area contributed by atoms with Crippen molar-refractivity contribution < 1.29 is 23.0 Å². The predicted octanol–water partition coefficient (Wildman–Crippen LogP) is 3.22. The van der Waals surface area contributed by atoms with Crippen molar-refractivity contribution in [1.29, 1.82) is 0 Å². The minimum absolute atomic E-state index is 0.0158. The second kappa shape index (κ2) is 8.07. The Morgan fingerprint density at radius 1 is 0.935 bits per heavy atom. The molecule has 0 unspecified atom stereocenters. The van der Waals surface area contributed by atoms with E-state index in [4.69, 9.17) is 9.47 Å². The lowest BCUT2D eigenvalue weighted by Crippen LogP contribution is -2.14. The standard InChI is InChI=1S/C21H18N4O5S/c1-29-14-4-6-15(7-5-14)31(27,28)25-20-12-22-17-9-8-16(23-21(17)24-20)13-3-10-18(26)19(11-13)30-2/h3-12,26H,1-2H3,(H,23,24,25). The van der Waals surface area contributed by atoms with Crippen molar-refractivity contribution in [2.24, 2.45) is 0 Å². The topological polar surface area (TPSA) is 124 Å². The molecule has 2 N–H and O–H groups in total. The van der Waals surface area contributed by atoms with Gasteiger partial charge in [0.2, 0.25) is 0 Å². The first kappa shape index (κ1) is 20.4. The summed E-state index contributed by atoms with van der Waals surface area (Å²) in [5.41, 5.74) is 2.03. The monoisotopic (exact) mass is 438 g/mol. The summed E-state index contributed by atoms with van der Waals surface area (Å²) in [5, 5.41) is 9.78. The molecule has 4 aromatic rings. The van der Waals surface area contributed by atoms with Gasteiger partial charge in [0.05, 0.1) is 31.0 Å². The summed E-state index contributed by atoms with van der Waals surface area (Å²) in [6.07, 6.45) is 1.33. The maximum Gasteiger partial charge on any atom is 0.263 e. The summed E-state index contributed by atoms with van der Waals surface area (Å²) < 4.78 is 37.9. The van der Waals surface area contributed by atoms with E-state index in [0.29, 0.717) is 28.3 Å². The number of aromatic hydroxyl groups is 1. The molecule has 0 aliphatic rings. The van der Waals surface area contributed by atoms with Gasteiger partial charge in [-0.3, -0.25) is 4.72 Å². The van der Waals surface area contributed by atoms with Gasteiger partial charge in [-0.2, -0.15) is 0 Å². The van der Waals surface area contributed by atoms with Crippen LogP contribution in [-0.4, -0.2) is 42.7 Å². The molecular formula is C21H18N4O5S. The maximum atomic E-state index is 12.7. The maximum absolute atomic E-state index is 12.7. The van der Waals surface area contributed by atoms with Crippen LogP contribution >= 0.6 is 0 Å². The first-order valence-corrected chi connectivity index (χ1v) is 10.6. The summed E-state index contributed by atoms with van der Waals surface area (Å²) in [7, 11) is -0.904. The van der Waals surface area contributed by atoms with Crippen LogP contribution in [0, 0.1) is 0 Å². The van der Waals surface area contributed by atoms with Crippen LogP contribution in [0.15, 0.2) is 65.7 Å². The quantitative estimate of drug-likeness (QED) is 0.470. The van der Waals surface area contributed by atoms with Crippen molar-refractivity contribution in [3.8, 4) is 28.5 Å². The molecule has 31 heavy (non-hydrogen) atoms. The number of methoxy groups -OCH3 is 2. The number of aromatic nitrogens is 3. The number of ether oxygens (including phenoxy) is 2. The highest BCUT2D eigenvalue weighted by Gasteiger charge is 2.16. The van der Waals surface area contributed by atoms with E-state index < -0.39 is 10.0 Å². The van der Waals surface area contributed by atoms with Crippen molar-refractivity contribution in [2.45, 2.75) is 4.90 Å². The number of sulfonamides is 1. The number of anilines is 1. The summed E-state index contributed by atoms with van der Waals surface area (Å²) in [5.74, 6) is 0.914. The van der Waals surface area contributed by atoms with E-state index in [1.54, 1.807) is 36.4 Å². The molecule has 158 valence electrons. The molecule has 2 aromatic carbocycles. The molecule has 0 radical (unpaired) electrons. The first-order chi connectivity index (χ1) is 14.9. The molecule has 0 aliphatic carbocycles. The number of rotatable bonds is 6. The van der Waals surface area contributed by atoms with Crippen LogP contribution < -0.4 is 14.2 Å². The van der Waals surface area contributed by atoms with Crippen LogP contribution in [0.3, 0.4) is 0 Å². The minimum atomic E-state index is -3.86. The van der Waals surface area contributed by atoms with E-state index in [1.807, 2.05) is 0 Å². The van der Waals surface area contributed by atoms with E-state index >= 15 is 0 Å². The molecule has 2 aromatic heterocycles. The van der Waals surface area contributed by atoms with Gasteiger partial charge in [0.15, 0.2) is 23.0 Å². The lowest BCUT2D eigenvalue weighted by Gasteiger charge is -2.09. The molecule has 2 heterocycles. The summed E-state index contributed by atoms with van der Waals surface area (Å²) in [6.45, 7) is 0. The third kappa shape index (κ3) is 4.19. The highest BCUT2D eigenvalue weighted by molar-refractivity contribution is 7.92. The Hall–Kier alpha value is -3.92. The van der Waals surface area contributed by atoms with Gasteiger partial charge in [-0.1, -0.05) is 0 Å². The molecular weight excluding hydrogens is 420 g/mol. The van der Waals surface area contributed by atoms with Gasteiger partial charge in [0.25, 0.3) is 10.0 Å².